The Balaban J connectivity index is 1.31. The molecule has 1 spiro atoms. The molecule has 6 aliphatic rings. The van der Waals surface area contributed by atoms with E-state index in [4.69, 9.17) is 9.47 Å². The summed E-state index contributed by atoms with van der Waals surface area (Å²) in [6.45, 7) is 10.0. The van der Waals surface area contributed by atoms with Crippen molar-refractivity contribution < 1.29 is 19.1 Å². The Labute approximate surface area is 187 Å². The first kappa shape index (κ1) is 20.8. The van der Waals surface area contributed by atoms with E-state index in [0.717, 1.165) is 51.6 Å². The van der Waals surface area contributed by atoms with Gasteiger partial charge in [0.25, 0.3) is 0 Å². The van der Waals surface area contributed by atoms with Gasteiger partial charge < -0.3 is 9.47 Å². The van der Waals surface area contributed by atoms with E-state index in [9.17, 15) is 9.59 Å². The van der Waals surface area contributed by atoms with Crippen molar-refractivity contribution in [2.45, 2.75) is 97.4 Å². The minimum absolute atomic E-state index is 0.166. The van der Waals surface area contributed by atoms with E-state index >= 15 is 0 Å². The molecule has 11 unspecified atom stereocenters. The van der Waals surface area contributed by atoms with Crippen LogP contribution in [-0.4, -0.2) is 30.1 Å². The lowest BCUT2D eigenvalue weighted by Crippen LogP contribution is -2.58. The van der Waals surface area contributed by atoms with Crippen LogP contribution in [0.3, 0.4) is 0 Å². The minimum Gasteiger partial charge on any atom is -0.349 e. The number of hydrogen-bond donors (Lipinski definition) is 0. The molecule has 0 aromatic carbocycles. The van der Waals surface area contributed by atoms with Crippen molar-refractivity contribution in [3.05, 3.63) is 0 Å². The van der Waals surface area contributed by atoms with Crippen molar-refractivity contribution in [2.75, 3.05) is 6.61 Å². The normalized spacial score (nSPS) is 58.6. The van der Waals surface area contributed by atoms with Gasteiger partial charge in [-0.05, 0) is 67.1 Å². The van der Waals surface area contributed by atoms with Crippen molar-refractivity contribution >= 4 is 11.6 Å². The van der Waals surface area contributed by atoms with E-state index in [2.05, 4.69) is 27.7 Å². The second-order valence-corrected chi connectivity index (χ2v) is 12.8. The van der Waals surface area contributed by atoms with Crippen LogP contribution in [0.4, 0.5) is 0 Å². The number of hydrogen-bond acceptors (Lipinski definition) is 4. The average Bonchev–Trinajstić information content (AvgIpc) is 3.18. The molecule has 2 aliphatic heterocycles. The van der Waals surface area contributed by atoms with Crippen molar-refractivity contribution in [3.63, 3.8) is 0 Å². The molecule has 6 rings (SSSR count). The van der Waals surface area contributed by atoms with E-state index < -0.39 is 5.79 Å². The molecule has 2 heterocycles. The average molecular weight is 429 g/mol. The van der Waals surface area contributed by atoms with Crippen LogP contribution in [0.5, 0.6) is 0 Å². The Morgan fingerprint density at radius 3 is 2.52 bits per heavy atom. The van der Waals surface area contributed by atoms with Gasteiger partial charge in [-0.15, -0.1) is 0 Å². The maximum atomic E-state index is 14.0. The molecule has 0 amide bonds. The molecule has 31 heavy (non-hydrogen) atoms. The van der Waals surface area contributed by atoms with Crippen LogP contribution in [0, 0.1) is 52.3 Å². The third-order valence-electron chi connectivity index (χ3n) is 11.6. The van der Waals surface area contributed by atoms with Gasteiger partial charge >= 0.3 is 0 Å². The summed E-state index contributed by atoms with van der Waals surface area (Å²) in [6, 6.07) is 0. The van der Waals surface area contributed by atoms with Crippen LogP contribution in [0.1, 0.15) is 85.5 Å². The summed E-state index contributed by atoms with van der Waals surface area (Å²) >= 11 is 0. The number of ketones is 2. The summed E-state index contributed by atoms with van der Waals surface area (Å²) in [5.41, 5.74) is -0.101. The van der Waals surface area contributed by atoms with Gasteiger partial charge in [0.15, 0.2) is 5.79 Å². The van der Waals surface area contributed by atoms with E-state index in [1.165, 1.54) is 12.8 Å². The summed E-state index contributed by atoms with van der Waals surface area (Å²) in [6.07, 6.45) is 8.86. The zero-order valence-corrected chi connectivity index (χ0v) is 19.8. The molecule has 2 saturated heterocycles. The van der Waals surface area contributed by atoms with Gasteiger partial charge in [0, 0.05) is 42.9 Å². The van der Waals surface area contributed by atoms with Gasteiger partial charge in [0.1, 0.15) is 11.6 Å². The number of fused-ring (bicyclic) bond motifs is 7. The zero-order chi connectivity index (χ0) is 21.8. The van der Waals surface area contributed by atoms with Crippen molar-refractivity contribution in [3.8, 4) is 0 Å². The van der Waals surface area contributed by atoms with Gasteiger partial charge in [-0.3, -0.25) is 9.59 Å². The Hall–Kier alpha value is -0.740. The number of Topliss-reactive ketones (excluding diaryl/α,β-unsaturated/α-hetero) is 2. The maximum absolute atomic E-state index is 14.0. The summed E-state index contributed by atoms with van der Waals surface area (Å²) in [5.74, 6) is 3.63. The lowest BCUT2D eigenvalue weighted by atomic mass is 9.44. The van der Waals surface area contributed by atoms with Gasteiger partial charge in [-0.2, -0.15) is 0 Å². The highest BCUT2D eigenvalue weighted by atomic mass is 16.7. The Morgan fingerprint density at radius 1 is 0.968 bits per heavy atom. The highest BCUT2D eigenvalue weighted by Crippen LogP contribution is 2.70. The minimum atomic E-state index is -0.458. The molecule has 0 N–H and O–H groups in total. The van der Waals surface area contributed by atoms with Gasteiger partial charge in [0.2, 0.25) is 0 Å². The second-order valence-electron chi connectivity index (χ2n) is 12.8. The molecular weight excluding hydrogens is 388 g/mol. The molecule has 172 valence electrons. The van der Waals surface area contributed by atoms with Crippen LogP contribution >= 0.6 is 0 Å². The third kappa shape index (κ3) is 2.61. The predicted octanol–water partition coefficient (Wildman–Crippen LogP) is 5.18. The first-order valence-corrected chi connectivity index (χ1v) is 13.1. The van der Waals surface area contributed by atoms with E-state index in [1.54, 1.807) is 0 Å². The molecule has 6 fully saturated rings. The zero-order valence-electron chi connectivity index (χ0n) is 19.8. The fraction of sp³-hybridized carbons (Fsp3) is 0.926. The van der Waals surface area contributed by atoms with E-state index in [1.807, 2.05) is 0 Å². The Morgan fingerprint density at radius 2 is 1.77 bits per heavy atom. The summed E-state index contributed by atoms with van der Waals surface area (Å²) < 4.78 is 13.2. The molecule has 4 aliphatic carbocycles. The summed E-state index contributed by atoms with van der Waals surface area (Å²) in [4.78, 5) is 26.1. The molecule has 0 aromatic heterocycles. The maximum Gasteiger partial charge on any atom is 0.171 e. The fourth-order valence-electron chi connectivity index (χ4n) is 9.74. The van der Waals surface area contributed by atoms with Crippen LogP contribution in [0.15, 0.2) is 0 Å². The van der Waals surface area contributed by atoms with Crippen LogP contribution in [0.2, 0.25) is 0 Å². The molecule has 0 bridgehead atoms. The standard InChI is InChI=1S/C27H40O4/c1-15-7-10-27(30-14-15)16(2)24-22(31-27)12-21-19-6-5-17-11-18(28)8-9-25(17,3)20(19)13-23(29)26(21,24)4/h15-17,19-22,24H,5-14H2,1-4H3. The van der Waals surface area contributed by atoms with Crippen LogP contribution in [-0.2, 0) is 19.1 Å². The fourth-order valence-corrected chi connectivity index (χ4v) is 9.74. The number of ether oxygens (including phenoxy) is 2. The lowest BCUT2D eigenvalue weighted by molar-refractivity contribution is -0.272. The predicted molar refractivity (Wildman–Crippen MR) is 117 cm³/mol. The number of carbonyl (C=O) groups excluding carboxylic acids is 2. The van der Waals surface area contributed by atoms with E-state index in [-0.39, 0.29) is 28.8 Å². The molecule has 0 radical (unpaired) electrons. The first-order valence-electron chi connectivity index (χ1n) is 13.1. The Bertz CT molecular complexity index is 797. The quantitative estimate of drug-likeness (QED) is 0.533. The monoisotopic (exact) mass is 428 g/mol. The molecule has 0 aromatic rings. The Kier molecular flexibility index (Phi) is 4.47. The highest BCUT2D eigenvalue weighted by molar-refractivity contribution is 5.87. The number of rotatable bonds is 0. The molecule has 4 saturated carbocycles. The topological polar surface area (TPSA) is 52.6 Å². The van der Waals surface area contributed by atoms with Crippen LogP contribution < -0.4 is 0 Å². The molecule has 4 heteroatoms. The molecule has 11 atom stereocenters. The van der Waals surface area contributed by atoms with Gasteiger partial charge in [-0.25, -0.2) is 0 Å². The third-order valence-corrected chi connectivity index (χ3v) is 11.6. The lowest BCUT2D eigenvalue weighted by Gasteiger charge is -2.59. The van der Waals surface area contributed by atoms with Gasteiger partial charge in [0.05, 0.1) is 12.7 Å². The van der Waals surface area contributed by atoms with E-state index in [0.29, 0.717) is 41.2 Å². The largest absolute Gasteiger partial charge is 0.349 e. The van der Waals surface area contributed by atoms with Crippen molar-refractivity contribution in [1.82, 2.24) is 0 Å². The van der Waals surface area contributed by atoms with Crippen molar-refractivity contribution in [1.29, 1.82) is 0 Å². The molecule has 4 nitrogen and oxygen atoms in total. The van der Waals surface area contributed by atoms with Crippen LogP contribution in [0.25, 0.3) is 0 Å². The summed E-state index contributed by atoms with van der Waals surface area (Å²) in [7, 11) is 0. The SMILES string of the molecule is CC1CCC2(OC1)OC1CC3C4CCC5CC(=O)CCC5(C)C4CC(=O)C3(C)C1C2C. The highest BCUT2D eigenvalue weighted by Gasteiger charge is 2.71. The molecular formula is C27H40O4. The number of carbonyl (C=O) groups is 2. The van der Waals surface area contributed by atoms with Gasteiger partial charge in [-0.1, -0.05) is 27.7 Å². The first-order chi connectivity index (χ1) is 14.7. The van der Waals surface area contributed by atoms with Crippen molar-refractivity contribution in [2.24, 2.45) is 52.3 Å². The smallest absolute Gasteiger partial charge is 0.171 e. The second kappa shape index (κ2) is 6.65. The summed E-state index contributed by atoms with van der Waals surface area (Å²) in [5, 5.41) is 0.